The van der Waals surface area contributed by atoms with Crippen molar-refractivity contribution in [3.05, 3.63) is 41.3 Å². The zero-order valence-electron chi connectivity index (χ0n) is 16.0. The molecule has 0 bridgehead atoms. The Morgan fingerprint density at radius 3 is 2.81 bits per heavy atom. The molecule has 0 radical (unpaired) electrons. The number of nitrogens with zero attached hydrogens (tertiary/aromatic N) is 1. The number of aromatic nitrogens is 1. The molecule has 27 heavy (non-hydrogen) atoms. The van der Waals surface area contributed by atoms with Crippen molar-refractivity contribution in [2.75, 3.05) is 13.7 Å². The molecule has 1 heterocycles. The molecule has 4 rings (SSSR count). The molecule has 1 unspecified atom stereocenters. The van der Waals surface area contributed by atoms with Gasteiger partial charge in [0, 0.05) is 24.3 Å². The first-order valence-electron chi connectivity index (χ1n) is 9.80. The summed E-state index contributed by atoms with van der Waals surface area (Å²) in [5.41, 5.74) is 2.68. The number of methoxy groups -OCH3 is 1. The average Bonchev–Trinajstić information content (AvgIpc) is 3.37. The molecular weight excluding hydrogens is 345 g/mol. The number of ether oxygens (including phenoxy) is 2. The summed E-state index contributed by atoms with van der Waals surface area (Å²) in [6.07, 6.45) is 6.90. The summed E-state index contributed by atoms with van der Waals surface area (Å²) in [7, 11) is 1.56. The molecule has 0 amide bonds. The number of fused-ring (bicyclic) bond motifs is 1. The fourth-order valence-corrected chi connectivity index (χ4v) is 4.83. The third kappa shape index (κ3) is 3.33. The van der Waals surface area contributed by atoms with Gasteiger partial charge in [-0.15, -0.1) is 0 Å². The third-order valence-corrected chi connectivity index (χ3v) is 6.43. The monoisotopic (exact) mass is 371 g/mol. The number of carbonyl (C=O) groups excluding carboxylic acids is 1. The molecule has 0 saturated heterocycles. The number of benzene rings is 1. The van der Waals surface area contributed by atoms with Gasteiger partial charge in [-0.1, -0.05) is 0 Å². The predicted molar refractivity (Wildman–Crippen MR) is 101 cm³/mol. The summed E-state index contributed by atoms with van der Waals surface area (Å²) in [6, 6.07) is 5.42. The Hall–Kier alpha value is -2.01. The normalized spacial score (nSPS) is 27.1. The number of hydrogen-bond acceptors (Lipinski definition) is 4. The van der Waals surface area contributed by atoms with Crippen molar-refractivity contribution >= 4 is 16.9 Å². The molecule has 1 aromatic heterocycles. The van der Waals surface area contributed by atoms with Gasteiger partial charge < -0.3 is 9.47 Å². The molecule has 2 fully saturated rings. The molecule has 5 heteroatoms. The van der Waals surface area contributed by atoms with Crippen molar-refractivity contribution in [3.8, 4) is 0 Å². The van der Waals surface area contributed by atoms with Crippen LogP contribution < -0.4 is 0 Å². The van der Waals surface area contributed by atoms with Crippen molar-refractivity contribution in [1.29, 1.82) is 0 Å². The molecule has 2 saturated carbocycles. The van der Waals surface area contributed by atoms with Crippen LogP contribution in [0.5, 0.6) is 0 Å². The molecule has 0 aliphatic heterocycles. The van der Waals surface area contributed by atoms with Crippen LogP contribution in [-0.2, 0) is 20.9 Å². The number of rotatable bonds is 5. The quantitative estimate of drug-likeness (QED) is 0.712. The minimum absolute atomic E-state index is 0.0296. The Kier molecular flexibility index (Phi) is 4.89. The number of hydrogen-bond donors (Lipinski definition) is 0. The maximum absolute atomic E-state index is 14.4. The third-order valence-electron chi connectivity index (χ3n) is 6.43. The second-order valence-corrected chi connectivity index (χ2v) is 7.94. The molecule has 1 atom stereocenters. The Labute approximate surface area is 159 Å². The van der Waals surface area contributed by atoms with Crippen molar-refractivity contribution in [1.82, 2.24) is 4.98 Å². The Bertz CT molecular complexity index is 858. The first-order valence-corrected chi connectivity index (χ1v) is 9.80. The SMILES string of the molecule is CCOC(=O)C1CC12CCC(c1ccnc3cc(COC)c(F)cc13)CC2. The van der Waals surface area contributed by atoms with Gasteiger partial charge in [-0.2, -0.15) is 0 Å². The standard InChI is InChI=1S/C22H26FNO3/c1-3-27-21(25)18-12-22(18)7-4-14(5-8-22)16-6-9-24-20-10-15(13-26-2)19(23)11-17(16)20/h6,9-11,14,18H,3-5,7-8,12-13H2,1-2H3. The maximum atomic E-state index is 14.4. The van der Waals surface area contributed by atoms with Crippen LogP contribution in [-0.4, -0.2) is 24.7 Å². The van der Waals surface area contributed by atoms with Crippen molar-refractivity contribution in [2.24, 2.45) is 11.3 Å². The van der Waals surface area contributed by atoms with Gasteiger partial charge in [0.2, 0.25) is 0 Å². The van der Waals surface area contributed by atoms with Gasteiger partial charge in [0.25, 0.3) is 0 Å². The van der Waals surface area contributed by atoms with Crippen molar-refractivity contribution in [2.45, 2.75) is 51.6 Å². The lowest BCUT2D eigenvalue weighted by Crippen LogP contribution is -2.20. The predicted octanol–water partition coefficient (Wildman–Crippen LogP) is 4.75. The number of pyridine rings is 1. The molecule has 2 aromatic rings. The van der Waals surface area contributed by atoms with Gasteiger partial charge in [0.05, 0.1) is 24.6 Å². The molecule has 2 aliphatic carbocycles. The molecule has 1 aromatic carbocycles. The Morgan fingerprint density at radius 1 is 1.33 bits per heavy atom. The minimum Gasteiger partial charge on any atom is -0.466 e. The van der Waals surface area contributed by atoms with Gasteiger partial charge in [-0.3, -0.25) is 9.78 Å². The zero-order valence-corrected chi connectivity index (χ0v) is 16.0. The highest BCUT2D eigenvalue weighted by molar-refractivity contribution is 5.83. The fraction of sp³-hybridized carbons (Fsp3) is 0.545. The van der Waals surface area contributed by atoms with E-state index in [2.05, 4.69) is 4.98 Å². The van der Waals surface area contributed by atoms with Crippen LogP contribution in [0.1, 0.15) is 56.1 Å². The highest BCUT2D eigenvalue weighted by Crippen LogP contribution is 2.63. The zero-order chi connectivity index (χ0) is 19.0. The summed E-state index contributed by atoms with van der Waals surface area (Å²) >= 11 is 0. The molecule has 1 spiro atoms. The van der Waals surface area contributed by atoms with Crippen LogP contribution in [0.2, 0.25) is 0 Å². The van der Waals surface area contributed by atoms with Crippen molar-refractivity contribution in [3.63, 3.8) is 0 Å². The van der Waals surface area contributed by atoms with Crippen LogP contribution in [0.4, 0.5) is 4.39 Å². The first kappa shape index (κ1) is 18.4. The summed E-state index contributed by atoms with van der Waals surface area (Å²) < 4.78 is 24.7. The Morgan fingerprint density at radius 2 is 2.11 bits per heavy atom. The second kappa shape index (κ2) is 7.19. The number of esters is 1. The molecular formula is C22H26FNO3. The van der Waals surface area contributed by atoms with Crippen molar-refractivity contribution < 1.29 is 18.7 Å². The minimum atomic E-state index is -0.240. The van der Waals surface area contributed by atoms with E-state index in [1.165, 1.54) is 5.56 Å². The summed E-state index contributed by atoms with van der Waals surface area (Å²) in [6.45, 7) is 2.55. The lowest BCUT2D eigenvalue weighted by molar-refractivity contribution is -0.145. The average molecular weight is 371 g/mol. The Balaban J connectivity index is 1.53. The van der Waals surface area contributed by atoms with Crippen LogP contribution in [0.15, 0.2) is 24.4 Å². The van der Waals surface area contributed by atoms with E-state index in [4.69, 9.17) is 9.47 Å². The first-order chi connectivity index (χ1) is 13.1. The van der Waals surface area contributed by atoms with E-state index >= 15 is 0 Å². The van der Waals surface area contributed by atoms with E-state index in [9.17, 15) is 9.18 Å². The second-order valence-electron chi connectivity index (χ2n) is 7.94. The molecule has 4 nitrogen and oxygen atoms in total. The fourth-order valence-electron chi connectivity index (χ4n) is 4.83. The summed E-state index contributed by atoms with van der Waals surface area (Å²) in [5.74, 6) is 0.201. The lowest BCUT2D eigenvalue weighted by atomic mass is 9.75. The maximum Gasteiger partial charge on any atom is 0.309 e. The van der Waals surface area contributed by atoms with Gasteiger partial charge in [0.1, 0.15) is 5.82 Å². The van der Waals surface area contributed by atoms with Gasteiger partial charge in [0.15, 0.2) is 0 Å². The smallest absolute Gasteiger partial charge is 0.309 e. The van der Waals surface area contributed by atoms with Crippen LogP contribution in [0.3, 0.4) is 0 Å². The molecule has 144 valence electrons. The van der Waals surface area contributed by atoms with E-state index in [-0.39, 0.29) is 29.7 Å². The van der Waals surface area contributed by atoms with Gasteiger partial charge >= 0.3 is 5.97 Å². The summed E-state index contributed by atoms with van der Waals surface area (Å²) in [5, 5.41) is 0.897. The van der Waals surface area contributed by atoms with Crippen LogP contribution in [0.25, 0.3) is 10.9 Å². The number of halogens is 1. The van der Waals surface area contributed by atoms with Gasteiger partial charge in [-0.25, -0.2) is 4.39 Å². The molecule has 2 aliphatic rings. The largest absolute Gasteiger partial charge is 0.466 e. The number of carbonyl (C=O) groups is 1. The lowest BCUT2D eigenvalue weighted by Gasteiger charge is -2.30. The van der Waals surface area contributed by atoms with E-state index in [1.54, 1.807) is 19.2 Å². The van der Waals surface area contributed by atoms with Crippen LogP contribution in [0, 0.1) is 17.2 Å². The van der Waals surface area contributed by atoms with E-state index in [0.29, 0.717) is 18.1 Å². The van der Waals surface area contributed by atoms with E-state index in [0.717, 1.165) is 43.0 Å². The van der Waals surface area contributed by atoms with E-state index in [1.807, 2.05) is 19.2 Å². The van der Waals surface area contributed by atoms with E-state index < -0.39 is 0 Å². The highest BCUT2D eigenvalue weighted by Gasteiger charge is 2.59. The van der Waals surface area contributed by atoms with Crippen LogP contribution >= 0.6 is 0 Å². The highest BCUT2D eigenvalue weighted by atomic mass is 19.1. The topological polar surface area (TPSA) is 48.4 Å². The van der Waals surface area contributed by atoms with Gasteiger partial charge in [-0.05, 0) is 74.1 Å². The summed E-state index contributed by atoms with van der Waals surface area (Å²) in [4.78, 5) is 16.5. The molecule has 0 N–H and O–H groups in total.